The zero-order valence-corrected chi connectivity index (χ0v) is 17.0. The van der Waals surface area contributed by atoms with E-state index in [4.69, 9.17) is 4.74 Å². The van der Waals surface area contributed by atoms with Crippen LogP contribution in [0.5, 0.6) is 5.75 Å². The Labute approximate surface area is 166 Å². The molecule has 2 aromatic rings. The van der Waals surface area contributed by atoms with E-state index in [-0.39, 0.29) is 10.8 Å². The maximum absolute atomic E-state index is 12.8. The number of hydrogen-bond acceptors (Lipinski definition) is 4. The number of sulfonamides is 1. The van der Waals surface area contributed by atoms with Crippen LogP contribution in [0.25, 0.3) is 0 Å². The van der Waals surface area contributed by atoms with E-state index in [0.717, 1.165) is 13.0 Å². The van der Waals surface area contributed by atoms with Gasteiger partial charge in [-0.05, 0) is 61.6 Å². The molecule has 7 heteroatoms. The maximum Gasteiger partial charge on any atom is 0.262 e. The van der Waals surface area contributed by atoms with Gasteiger partial charge in [-0.25, -0.2) is 8.42 Å². The van der Waals surface area contributed by atoms with Crippen LogP contribution in [0.1, 0.15) is 36.5 Å². The summed E-state index contributed by atoms with van der Waals surface area (Å²) in [7, 11) is -2.30. The summed E-state index contributed by atoms with van der Waals surface area (Å²) in [5, 5.41) is 0. The number of para-hydroxylation sites is 2. The molecule has 0 bridgehead atoms. The quantitative estimate of drug-likeness (QED) is 0.693. The van der Waals surface area contributed by atoms with Gasteiger partial charge in [0.1, 0.15) is 5.75 Å². The zero-order chi connectivity index (χ0) is 20.1. The minimum atomic E-state index is -3.78. The first-order valence-corrected chi connectivity index (χ1v) is 11.0. The summed E-state index contributed by atoms with van der Waals surface area (Å²) >= 11 is 0. The van der Waals surface area contributed by atoms with E-state index >= 15 is 0 Å². The zero-order valence-electron chi connectivity index (χ0n) is 16.2. The molecule has 0 spiro atoms. The molecule has 0 saturated heterocycles. The highest BCUT2D eigenvalue weighted by atomic mass is 32.2. The molecule has 0 aromatic heterocycles. The molecule has 28 heavy (non-hydrogen) atoms. The van der Waals surface area contributed by atoms with Crippen LogP contribution < -0.4 is 9.46 Å². The monoisotopic (exact) mass is 402 g/mol. The largest absolute Gasteiger partial charge is 0.495 e. The van der Waals surface area contributed by atoms with Crippen molar-refractivity contribution in [3.8, 4) is 5.75 Å². The van der Waals surface area contributed by atoms with E-state index in [1.807, 2.05) is 11.8 Å². The fourth-order valence-corrected chi connectivity index (χ4v) is 4.12. The molecule has 150 valence electrons. The normalized spacial score (nSPS) is 13.8. The first-order valence-electron chi connectivity index (χ1n) is 9.49. The molecule has 1 N–H and O–H groups in total. The number of anilines is 1. The molecule has 1 aliphatic rings. The Balaban J connectivity index is 1.76. The lowest BCUT2D eigenvalue weighted by Gasteiger charge is -2.22. The molecule has 0 atom stereocenters. The number of amides is 1. The second-order valence-corrected chi connectivity index (χ2v) is 8.71. The van der Waals surface area contributed by atoms with E-state index in [2.05, 4.69) is 4.72 Å². The van der Waals surface area contributed by atoms with Crippen molar-refractivity contribution in [2.75, 3.05) is 24.9 Å². The molecule has 2 aromatic carbocycles. The molecule has 0 aliphatic heterocycles. The van der Waals surface area contributed by atoms with Gasteiger partial charge in [-0.2, -0.15) is 0 Å². The lowest BCUT2D eigenvalue weighted by atomic mass is 10.2. The Bertz CT molecular complexity index is 922. The fraction of sp³-hybridized carbons (Fsp3) is 0.381. The Kier molecular flexibility index (Phi) is 6.24. The average Bonchev–Trinajstić information content (AvgIpc) is 3.51. The van der Waals surface area contributed by atoms with Crippen LogP contribution >= 0.6 is 0 Å². The molecular weight excluding hydrogens is 376 g/mol. The molecular formula is C21H26N2O4S. The predicted molar refractivity (Wildman–Crippen MR) is 109 cm³/mol. The van der Waals surface area contributed by atoms with Gasteiger partial charge in [-0.3, -0.25) is 9.52 Å². The van der Waals surface area contributed by atoms with Crippen molar-refractivity contribution < 1.29 is 17.9 Å². The van der Waals surface area contributed by atoms with E-state index in [9.17, 15) is 13.2 Å². The summed E-state index contributed by atoms with van der Waals surface area (Å²) < 4.78 is 33.1. The Morgan fingerprint density at radius 2 is 1.82 bits per heavy atom. The number of hydrogen-bond donors (Lipinski definition) is 1. The van der Waals surface area contributed by atoms with Gasteiger partial charge in [0.25, 0.3) is 15.9 Å². The molecule has 1 aliphatic carbocycles. The molecule has 3 rings (SSSR count). The third kappa shape index (κ3) is 4.84. The molecule has 1 fully saturated rings. The highest BCUT2D eigenvalue weighted by molar-refractivity contribution is 7.92. The average molecular weight is 403 g/mol. The third-order valence-electron chi connectivity index (χ3n) is 4.72. The first-order chi connectivity index (χ1) is 13.4. The molecule has 0 unspecified atom stereocenters. The van der Waals surface area contributed by atoms with Crippen LogP contribution in [0.2, 0.25) is 0 Å². The van der Waals surface area contributed by atoms with Crippen molar-refractivity contribution in [3.63, 3.8) is 0 Å². The summed E-state index contributed by atoms with van der Waals surface area (Å²) in [6.45, 7) is 3.54. The van der Waals surface area contributed by atoms with Crippen molar-refractivity contribution in [1.29, 1.82) is 0 Å². The van der Waals surface area contributed by atoms with Gasteiger partial charge in [-0.15, -0.1) is 0 Å². The summed E-state index contributed by atoms with van der Waals surface area (Å²) in [6, 6.07) is 12.9. The molecule has 0 radical (unpaired) electrons. The third-order valence-corrected chi connectivity index (χ3v) is 6.10. The highest BCUT2D eigenvalue weighted by Gasteiger charge is 2.27. The maximum atomic E-state index is 12.8. The summed E-state index contributed by atoms with van der Waals surface area (Å²) in [5.41, 5.74) is 0.869. The summed E-state index contributed by atoms with van der Waals surface area (Å²) in [6.07, 6.45) is 3.26. The molecule has 1 saturated carbocycles. The number of ether oxygens (including phenoxy) is 1. The standard InChI is InChI=1S/C21H26N2O4S/c1-3-14-23(15-16-8-9-16)21(24)17-10-12-18(13-11-17)28(25,26)22-19-6-4-5-7-20(19)27-2/h4-7,10-13,16,22H,3,8-9,14-15H2,1-2H3. The number of rotatable bonds is 9. The van der Waals surface area contributed by atoms with Crippen LogP contribution in [0, 0.1) is 5.92 Å². The van der Waals surface area contributed by atoms with Gasteiger partial charge in [0, 0.05) is 18.7 Å². The SMILES string of the molecule is CCCN(CC1CC1)C(=O)c1ccc(S(=O)(=O)Nc2ccccc2OC)cc1. The number of carbonyl (C=O) groups is 1. The van der Waals surface area contributed by atoms with Crippen molar-refractivity contribution in [1.82, 2.24) is 4.90 Å². The predicted octanol–water partition coefficient (Wildman–Crippen LogP) is 3.76. The van der Waals surface area contributed by atoms with E-state index in [0.29, 0.717) is 29.5 Å². The second-order valence-electron chi connectivity index (χ2n) is 7.02. The Hall–Kier alpha value is -2.54. The minimum absolute atomic E-state index is 0.0459. The smallest absolute Gasteiger partial charge is 0.262 e. The van der Waals surface area contributed by atoms with Crippen LogP contribution in [0.4, 0.5) is 5.69 Å². The van der Waals surface area contributed by atoms with Crippen LogP contribution in [-0.2, 0) is 10.0 Å². The fourth-order valence-electron chi connectivity index (χ4n) is 3.05. The van der Waals surface area contributed by atoms with Crippen LogP contribution in [-0.4, -0.2) is 39.4 Å². The Morgan fingerprint density at radius 3 is 2.43 bits per heavy atom. The number of methoxy groups -OCH3 is 1. The lowest BCUT2D eigenvalue weighted by Crippen LogP contribution is -2.33. The van der Waals surface area contributed by atoms with Gasteiger partial charge in [0.2, 0.25) is 0 Å². The molecule has 6 nitrogen and oxygen atoms in total. The second kappa shape index (κ2) is 8.65. The number of nitrogens with one attached hydrogen (secondary N) is 1. The summed E-state index contributed by atoms with van der Waals surface area (Å²) in [4.78, 5) is 14.7. The van der Waals surface area contributed by atoms with Gasteiger partial charge in [-0.1, -0.05) is 19.1 Å². The highest BCUT2D eigenvalue weighted by Crippen LogP contribution is 2.30. The topological polar surface area (TPSA) is 75.7 Å². The lowest BCUT2D eigenvalue weighted by molar-refractivity contribution is 0.0747. The molecule has 1 amide bonds. The van der Waals surface area contributed by atoms with Gasteiger partial charge >= 0.3 is 0 Å². The van der Waals surface area contributed by atoms with Crippen molar-refractivity contribution >= 4 is 21.6 Å². The van der Waals surface area contributed by atoms with Crippen molar-refractivity contribution in [3.05, 3.63) is 54.1 Å². The van der Waals surface area contributed by atoms with Gasteiger partial charge in [0.05, 0.1) is 17.7 Å². The Morgan fingerprint density at radius 1 is 1.14 bits per heavy atom. The van der Waals surface area contributed by atoms with Gasteiger partial charge in [0.15, 0.2) is 0 Å². The van der Waals surface area contributed by atoms with Gasteiger partial charge < -0.3 is 9.64 Å². The molecule has 0 heterocycles. The van der Waals surface area contributed by atoms with Crippen molar-refractivity contribution in [2.45, 2.75) is 31.1 Å². The number of benzene rings is 2. The van der Waals surface area contributed by atoms with E-state index in [1.165, 1.54) is 32.1 Å². The van der Waals surface area contributed by atoms with E-state index < -0.39 is 10.0 Å². The minimum Gasteiger partial charge on any atom is -0.495 e. The first kappa shape index (κ1) is 20.2. The summed E-state index contributed by atoms with van der Waals surface area (Å²) in [5.74, 6) is 1.00. The van der Waals surface area contributed by atoms with Crippen LogP contribution in [0.15, 0.2) is 53.4 Å². The van der Waals surface area contributed by atoms with Crippen molar-refractivity contribution in [2.24, 2.45) is 5.92 Å². The van der Waals surface area contributed by atoms with Crippen LogP contribution in [0.3, 0.4) is 0 Å². The number of carbonyl (C=O) groups excluding carboxylic acids is 1. The van der Waals surface area contributed by atoms with E-state index in [1.54, 1.807) is 36.4 Å². The number of nitrogens with zero attached hydrogens (tertiary/aromatic N) is 1.